The Kier molecular flexibility index (Phi) is 5.65. The Hall–Kier alpha value is -2.69. The van der Waals surface area contributed by atoms with Crippen LogP contribution in [0.2, 0.25) is 0 Å². The van der Waals surface area contributed by atoms with Crippen molar-refractivity contribution in [2.24, 2.45) is 0 Å². The van der Waals surface area contributed by atoms with Gasteiger partial charge >= 0.3 is 0 Å². The molecule has 116 valence electrons. The molecule has 0 radical (unpaired) electrons. The lowest BCUT2D eigenvalue weighted by atomic mass is 10.1. The average molecular weight is 301 g/mol. The molecule has 1 amide bonds. The number of carbonyl (C=O) groups is 1. The van der Waals surface area contributed by atoms with Gasteiger partial charge in [0.05, 0.1) is 7.11 Å². The summed E-state index contributed by atoms with van der Waals surface area (Å²) in [6.07, 6.45) is 0.695. The van der Waals surface area contributed by atoms with Gasteiger partial charge in [0.1, 0.15) is 5.75 Å². The average Bonchev–Trinajstić information content (AvgIpc) is 2.55. The molecule has 0 aliphatic carbocycles. The minimum atomic E-state index is -0.190. The Labute approximate surface area is 129 Å². The molecule has 0 unspecified atom stereocenters. The molecule has 22 heavy (non-hydrogen) atoms. The number of rotatable bonds is 7. The standard InChI is InChI=1S/C17H19NO4/c1-21-15-4-2-3-5-16(15)22-12-17(20)18-11-10-13-6-8-14(19)9-7-13/h2-9,19H,10-12H2,1H3,(H,18,20). The SMILES string of the molecule is COc1ccccc1OCC(=O)NCCc1ccc(O)cc1. The second kappa shape index (κ2) is 7.93. The summed E-state index contributed by atoms with van der Waals surface area (Å²) < 4.78 is 10.6. The third-order valence-electron chi connectivity index (χ3n) is 3.10. The normalized spacial score (nSPS) is 10.0. The Balaban J connectivity index is 1.73. The summed E-state index contributed by atoms with van der Waals surface area (Å²) in [6, 6.07) is 14.1. The molecule has 0 aliphatic rings. The van der Waals surface area contributed by atoms with E-state index >= 15 is 0 Å². The van der Waals surface area contributed by atoms with Crippen LogP contribution in [-0.4, -0.2) is 31.3 Å². The molecule has 0 saturated carbocycles. The second-order valence-corrected chi connectivity index (χ2v) is 4.71. The lowest BCUT2D eigenvalue weighted by molar-refractivity contribution is -0.123. The molecule has 5 nitrogen and oxygen atoms in total. The number of methoxy groups -OCH3 is 1. The molecule has 0 saturated heterocycles. The van der Waals surface area contributed by atoms with Crippen molar-refractivity contribution >= 4 is 5.91 Å². The van der Waals surface area contributed by atoms with Crippen LogP contribution in [0, 0.1) is 0 Å². The fourth-order valence-electron chi connectivity index (χ4n) is 1.94. The molecule has 2 aromatic rings. The van der Waals surface area contributed by atoms with Gasteiger partial charge in [-0.1, -0.05) is 24.3 Å². The summed E-state index contributed by atoms with van der Waals surface area (Å²) in [5, 5.41) is 12.0. The van der Waals surface area contributed by atoms with Gasteiger partial charge in [-0.25, -0.2) is 0 Å². The van der Waals surface area contributed by atoms with E-state index in [9.17, 15) is 9.90 Å². The first kappa shape index (κ1) is 15.7. The van der Waals surface area contributed by atoms with Crippen molar-refractivity contribution in [1.82, 2.24) is 5.32 Å². The first-order valence-electron chi connectivity index (χ1n) is 6.99. The number of hydrogen-bond donors (Lipinski definition) is 2. The largest absolute Gasteiger partial charge is 0.508 e. The molecule has 0 aliphatic heterocycles. The Morgan fingerprint density at radius 3 is 2.45 bits per heavy atom. The zero-order chi connectivity index (χ0) is 15.8. The molecule has 0 atom stereocenters. The highest BCUT2D eigenvalue weighted by molar-refractivity contribution is 5.77. The lowest BCUT2D eigenvalue weighted by Crippen LogP contribution is -2.30. The topological polar surface area (TPSA) is 67.8 Å². The second-order valence-electron chi connectivity index (χ2n) is 4.71. The lowest BCUT2D eigenvalue weighted by Gasteiger charge is -2.10. The van der Waals surface area contributed by atoms with Gasteiger partial charge < -0.3 is 19.9 Å². The van der Waals surface area contributed by atoms with Crippen LogP contribution in [0.15, 0.2) is 48.5 Å². The zero-order valence-electron chi connectivity index (χ0n) is 12.4. The van der Waals surface area contributed by atoms with Gasteiger partial charge in [-0.3, -0.25) is 4.79 Å². The van der Waals surface area contributed by atoms with E-state index in [0.717, 1.165) is 5.56 Å². The summed E-state index contributed by atoms with van der Waals surface area (Å²) in [5.74, 6) is 1.18. The molecule has 2 N–H and O–H groups in total. The summed E-state index contributed by atoms with van der Waals surface area (Å²) in [6.45, 7) is 0.453. The van der Waals surface area contributed by atoms with E-state index in [0.29, 0.717) is 24.5 Å². The number of benzene rings is 2. The van der Waals surface area contributed by atoms with Crippen molar-refractivity contribution in [1.29, 1.82) is 0 Å². The van der Waals surface area contributed by atoms with Crippen molar-refractivity contribution in [2.45, 2.75) is 6.42 Å². The number of phenolic OH excluding ortho intramolecular Hbond substituents is 1. The van der Waals surface area contributed by atoms with Gasteiger partial charge in [0.2, 0.25) is 0 Å². The molecule has 0 heterocycles. The van der Waals surface area contributed by atoms with Crippen molar-refractivity contribution in [3.8, 4) is 17.2 Å². The maximum Gasteiger partial charge on any atom is 0.257 e. The summed E-state index contributed by atoms with van der Waals surface area (Å²) in [5.41, 5.74) is 1.05. The van der Waals surface area contributed by atoms with Gasteiger partial charge in [0.25, 0.3) is 5.91 Å². The number of phenols is 1. The fraction of sp³-hybridized carbons (Fsp3) is 0.235. The summed E-state index contributed by atoms with van der Waals surface area (Å²) >= 11 is 0. The maximum atomic E-state index is 11.7. The number of aromatic hydroxyl groups is 1. The first-order chi connectivity index (χ1) is 10.7. The van der Waals surface area contributed by atoms with Crippen molar-refractivity contribution in [2.75, 3.05) is 20.3 Å². The number of amides is 1. The van der Waals surface area contributed by atoms with Crippen molar-refractivity contribution in [3.63, 3.8) is 0 Å². The molecule has 0 spiro atoms. The zero-order valence-corrected chi connectivity index (χ0v) is 12.4. The van der Waals surface area contributed by atoms with Gasteiger partial charge in [0.15, 0.2) is 18.1 Å². The van der Waals surface area contributed by atoms with Crippen LogP contribution in [0.25, 0.3) is 0 Å². The van der Waals surface area contributed by atoms with Gasteiger partial charge in [-0.15, -0.1) is 0 Å². The van der Waals surface area contributed by atoms with Crippen LogP contribution in [-0.2, 0) is 11.2 Å². The van der Waals surface area contributed by atoms with E-state index < -0.39 is 0 Å². The molecule has 5 heteroatoms. The van der Waals surface area contributed by atoms with Gasteiger partial charge in [-0.05, 0) is 36.2 Å². The van der Waals surface area contributed by atoms with Crippen LogP contribution in [0.5, 0.6) is 17.2 Å². The molecule has 0 fully saturated rings. The van der Waals surface area contributed by atoms with E-state index in [1.807, 2.05) is 24.3 Å². The van der Waals surface area contributed by atoms with E-state index in [2.05, 4.69) is 5.32 Å². The number of carbonyl (C=O) groups excluding carboxylic acids is 1. The van der Waals surface area contributed by atoms with Crippen LogP contribution in [0.3, 0.4) is 0 Å². The number of hydrogen-bond acceptors (Lipinski definition) is 4. The van der Waals surface area contributed by atoms with Gasteiger partial charge in [-0.2, -0.15) is 0 Å². The molecule has 2 aromatic carbocycles. The minimum Gasteiger partial charge on any atom is -0.508 e. The Morgan fingerprint density at radius 2 is 1.77 bits per heavy atom. The smallest absolute Gasteiger partial charge is 0.257 e. The number of nitrogens with one attached hydrogen (secondary N) is 1. The predicted octanol–water partition coefficient (Wildman–Crippen LogP) is 2.14. The Bertz CT molecular complexity index is 610. The highest BCUT2D eigenvalue weighted by Gasteiger charge is 2.06. The maximum absolute atomic E-state index is 11.7. The van der Waals surface area contributed by atoms with E-state index in [-0.39, 0.29) is 18.3 Å². The van der Waals surface area contributed by atoms with Crippen molar-refractivity contribution < 1.29 is 19.4 Å². The summed E-state index contributed by atoms with van der Waals surface area (Å²) in [7, 11) is 1.56. The van der Waals surface area contributed by atoms with Crippen LogP contribution in [0.1, 0.15) is 5.56 Å². The minimum absolute atomic E-state index is 0.0596. The summed E-state index contributed by atoms with van der Waals surface area (Å²) in [4.78, 5) is 11.7. The third-order valence-corrected chi connectivity index (χ3v) is 3.10. The van der Waals surface area contributed by atoms with E-state index in [4.69, 9.17) is 9.47 Å². The van der Waals surface area contributed by atoms with Gasteiger partial charge in [0, 0.05) is 6.54 Å². The molecule has 0 aromatic heterocycles. The first-order valence-corrected chi connectivity index (χ1v) is 6.99. The molecular formula is C17H19NO4. The molecular weight excluding hydrogens is 282 g/mol. The molecule has 0 bridgehead atoms. The third kappa shape index (κ3) is 4.70. The predicted molar refractivity (Wildman–Crippen MR) is 83.3 cm³/mol. The number of para-hydroxylation sites is 2. The van der Waals surface area contributed by atoms with E-state index in [1.165, 1.54) is 0 Å². The Morgan fingerprint density at radius 1 is 1.09 bits per heavy atom. The highest BCUT2D eigenvalue weighted by Crippen LogP contribution is 2.25. The van der Waals surface area contributed by atoms with Crippen LogP contribution >= 0.6 is 0 Å². The van der Waals surface area contributed by atoms with Crippen molar-refractivity contribution in [3.05, 3.63) is 54.1 Å². The monoisotopic (exact) mass is 301 g/mol. The molecule has 2 rings (SSSR count). The number of ether oxygens (including phenoxy) is 2. The van der Waals surface area contributed by atoms with E-state index in [1.54, 1.807) is 31.4 Å². The fourth-order valence-corrected chi connectivity index (χ4v) is 1.94. The highest BCUT2D eigenvalue weighted by atomic mass is 16.5. The van der Waals surface area contributed by atoms with Crippen LogP contribution in [0.4, 0.5) is 0 Å². The van der Waals surface area contributed by atoms with Crippen LogP contribution < -0.4 is 14.8 Å². The quantitative estimate of drug-likeness (QED) is 0.822.